The van der Waals surface area contributed by atoms with Gasteiger partial charge in [-0.3, -0.25) is 4.79 Å². The summed E-state index contributed by atoms with van der Waals surface area (Å²) in [5, 5.41) is 2.99. The largest absolute Gasteiger partial charge is 0.469 e. The quantitative estimate of drug-likeness (QED) is 0.621. The lowest BCUT2D eigenvalue weighted by Gasteiger charge is -2.22. The van der Waals surface area contributed by atoms with Crippen LogP contribution in [-0.2, 0) is 19.7 Å². The fourth-order valence-electron chi connectivity index (χ4n) is 2.16. The first-order valence-corrected chi connectivity index (χ1v) is 5.31. The highest BCUT2D eigenvalue weighted by Crippen LogP contribution is 2.44. The van der Waals surface area contributed by atoms with Gasteiger partial charge >= 0.3 is 5.97 Å². The van der Waals surface area contributed by atoms with Crippen LogP contribution in [0.1, 0.15) is 18.9 Å². The minimum atomic E-state index is -0.675. The predicted molar refractivity (Wildman–Crippen MR) is 63.3 cm³/mol. The second-order valence-corrected chi connectivity index (χ2v) is 4.23. The number of anilines is 1. The van der Waals surface area contributed by atoms with E-state index in [9.17, 15) is 9.59 Å². The van der Waals surface area contributed by atoms with Crippen molar-refractivity contribution in [1.29, 1.82) is 0 Å². The van der Waals surface area contributed by atoms with Crippen molar-refractivity contribution in [1.82, 2.24) is 0 Å². The normalized spacial score (nSPS) is 21.4. The molecule has 1 aliphatic heterocycles. The first-order valence-electron chi connectivity index (χ1n) is 5.31. The third-order valence-corrected chi connectivity index (χ3v) is 3.16. The maximum Gasteiger partial charge on any atom is 0.306 e. The molecule has 0 radical (unpaired) electrons. The zero-order valence-electron chi connectivity index (χ0n) is 9.74. The molecule has 4 heteroatoms. The van der Waals surface area contributed by atoms with Crippen LogP contribution in [0.15, 0.2) is 30.0 Å². The smallest absolute Gasteiger partial charge is 0.306 e. The first-order chi connectivity index (χ1) is 8.11. The number of carbonyl (C=O) groups excluding carboxylic acids is 2. The molecule has 0 amide bonds. The Labute approximate surface area is 99.3 Å². The second kappa shape index (κ2) is 4.07. The van der Waals surface area contributed by atoms with E-state index in [1.807, 2.05) is 37.1 Å². The van der Waals surface area contributed by atoms with Crippen molar-refractivity contribution in [2.24, 2.45) is 0 Å². The number of hydrogen-bond donors (Lipinski definition) is 1. The number of carbonyl (C=O) groups is 1. The summed E-state index contributed by atoms with van der Waals surface area (Å²) in [6.45, 7) is 1.84. The molecule has 0 fully saturated rings. The van der Waals surface area contributed by atoms with Crippen molar-refractivity contribution in [3.05, 3.63) is 35.5 Å². The Bertz CT molecular complexity index is 517. The molecule has 0 bridgehead atoms. The fraction of sp³-hybridized carbons (Fsp3) is 0.308. The van der Waals surface area contributed by atoms with Crippen LogP contribution in [0.4, 0.5) is 5.69 Å². The Kier molecular flexibility index (Phi) is 2.74. The molecular weight excluding hydrogens is 218 g/mol. The number of esters is 1. The number of rotatable bonds is 2. The van der Waals surface area contributed by atoms with E-state index in [1.54, 1.807) is 0 Å². The summed E-state index contributed by atoms with van der Waals surface area (Å²) in [6, 6.07) is 7.52. The van der Waals surface area contributed by atoms with Gasteiger partial charge < -0.3 is 10.1 Å². The van der Waals surface area contributed by atoms with Gasteiger partial charge in [0.25, 0.3) is 0 Å². The molecule has 2 rings (SSSR count). The van der Waals surface area contributed by atoms with Gasteiger partial charge in [0.15, 0.2) is 0 Å². The zero-order chi connectivity index (χ0) is 12.5. The molecule has 0 aromatic heterocycles. The van der Waals surface area contributed by atoms with Crippen LogP contribution >= 0.6 is 0 Å². The van der Waals surface area contributed by atoms with Crippen LogP contribution in [0, 0.1) is 0 Å². The predicted octanol–water partition coefficient (Wildman–Crippen LogP) is 1.65. The van der Waals surface area contributed by atoms with Gasteiger partial charge in [-0.05, 0) is 18.6 Å². The van der Waals surface area contributed by atoms with E-state index < -0.39 is 5.41 Å². The van der Waals surface area contributed by atoms with Crippen LogP contribution < -0.4 is 5.32 Å². The minimum Gasteiger partial charge on any atom is -0.469 e. The molecule has 1 N–H and O–H groups in total. The monoisotopic (exact) mass is 231 g/mol. The average Bonchev–Trinajstić information content (AvgIpc) is 2.62. The SMILES string of the molecule is COC(=O)CC1(C)C(=C=O)Nc2ccccc21. The van der Waals surface area contributed by atoms with Crippen molar-refractivity contribution < 1.29 is 14.3 Å². The molecule has 1 atom stereocenters. The number of methoxy groups -OCH3 is 1. The molecule has 17 heavy (non-hydrogen) atoms. The van der Waals surface area contributed by atoms with Crippen molar-refractivity contribution in [3.63, 3.8) is 0 Å². The highest BCUT2D eigenvalue weighted by molar-refractivity contribution is 5.82. The van der Waals surface area contributed by atoms with Crippen LogP contribution in [0.25, 0.3) is 0 Å². The average molecular weight is 231 g/mol. The maximum atomic E-state index is 11.5. The van der Waals surface area contributed by atoms with E-state index >= 15 is 0 Å². The molecule has 4 nitrogen and oxygen atoms in total. The Hall–Kier alpha value is -2.06. The van der Waals surface area contributed by atoms with Gasteiger partial charge in [-0.15, -0.1) is 0 Å². The summed E-state index contributed by atoms with van der Waals surface area (Å²) in [7, 11) is 1.34. The van der Waals surface area contributed by atoms with Gasteiger partial charge in [0, 0.05) is 5.69 Å². The molecule has 1 unspecified atom stereocenters. The summed E-state index contributed by atoms with van der Waals surface area (Å²) in [4.78, 5) is 22.4. The van der Waals surface area contributed by atoms with E-state index in [2.05, 4.69) is 10.1 Å². The minimum absolute atomic E-state index is 0.123. The van der Waals surface area contributed by atoms with E-state index in [1.165, 1.54) is 7.11 Å². The van der Waals surface area contributed by atoms with Gasteiger partial charge in [0.05, 0.1) is 18.9 Å². The molecule has 0 saturated carbocycles. The van der Waals surface area contributed by atoms with Crippen molar-refractivity contribution in [2.75, 3.05) is 12.4 Å². The van der Waals surface area contributed by atoms with Gasteiger partial charge in [-0.2, -0.15) is 0 Å². The molecule has 88 valence electrons. The molecular formula is C13H13NO3. The molecule has 1 heterocycles. The van der Waals surface area contributed by atoms with Crippen molar-refractivity contribution in [3.8, 4) is 0 Å². The number of para-hydroxylation sites is 1. The highest BCUT2D eigenvalue weighted by atomic mass is 16.5. The Morgan fingerprint density at radius 1 is 1.47 bits per heavy atom. The summed E-state index contributed by atoms with van der Waals surface area (Å²) in [5.74, 6) is 1.53. The van der Waals surface area contributed by atoms with Gasteiger partial charge in [-0.25, -0.2) is 4.79 Å². The Morgan fingerprint density at radius 2 is 2.18 bits per heavy atom. The summed E-state index contributed by atoms with van der Waals surface area (Å²) < 4.78 is 4.68. The van der Waals surface area contributed by atoms with Gasteiger partial charge in [-0.1, -0.05) is 18.2 Å². The van der Waals surface area contributed by atoms with Crippen LogP contribution in [-0.4, -0.2) is 19.0 Å². The van der Waals surface area contributed by atoms with E-state index in [0.29, 0.717) is 5.70 Å². The number of hydrogen-bond acceptors (Lipinski definition) is 4. The highest BCUT2D eigenvalue weighted by Gasteiger charge is 2.42. The summed E-state index contributed by atoms with van der Waals surface area (Å²) in [6.07, 6.45) is 0.123. The molecule has 1 aromatic carbocycles. The van der Waals surface area contributed by atoms with E-state index in [4.69, 9.17) is 0 Å². The third-order valence-electron chi connectivity index (χ3n) is 3.16. The number of fused-ring (bicyclic) bond motifs is 1. The van der Waals surface area contributed by atoms with Crippen LogP contribution in [0.5, 0.6) is 0 Å². The molecule has 0 aliphatic carbocycles. The van der Waals surface area contributed by atoms with Crippen molar-refractivity contribution in [2.45, 2.75) is 18.8 Å². The fourth-order valence-corrected chi connectivity index (χ4v) is 2.16. The standard InChI is InChI=1S/C13H13NO3/c1-13(7-12(16)17-2)9-5-3-4-6-10(9)14-11(13)8-15/h3-6,14H,7H2,1-2H3. The topological polar surface area (TPSA) is 55.4 Å². The van der Waals surface area contributed by atoms with E-state index in [-0.39, 0.29) is 12.4 Å². The first kappa shape index (κ1) is 11.4. The van der Waals surface area contributed by atoms with Gasteiger partial charge in [0.2, 0.25) is 0 Å². The number of allylic oxidation sites excluding steroid dienone is 1. The number of ether oxygens (including phenoxy) is 1. The zero-order valence-corrected chi connectivity index (χ0v) is 9.74. The van der Waals surface area contributed by atoms with Crippen LogP contribution in [0.2, 0.25) is 0 Å². The van der Waals surface area contributed by atoms with Gasteiger partial charge in [0.1, 0.15) is 11.6 Å². The lowest BCUT2D eigenvalue weighted by Crippen LogP contribution is -2.27. The maximum absolute atomic E-state index is 11.5. The lowest BCUT2D eigenvalue weighted by molar-refractivity contribution is -0.141. The van der Waals surface area contributed by atoms with E-state index in [0.717, 1.165) is 11.3 Å². The van der Waals surface area contributed by atoms with Crippen molar-refractivity contribution >= 4 is 17.6 Å². The molecule has 0 spiro atoms. The summed E-state index contributed by atoms with van der Waals surface area (Å²) >= 11 is 0. The Morgan fingerprint density at radius 3 is 2.82 bits per heavy atom. The number of benzene rings is 1. The lowest BCUT2D eigenvalue weighted by atomic mass is 9.79. The molecule has 1 aliphatic rings. The second-order valence-electron chi connectivity index (χ2n) is 4.23. The van der Waals surface area contributed by atoms with Crippen LogP contribution in [0.3, 0.4) is 0 Å². The third kappa shape index (κ3) is 1.73. The Balaban J connectivity index is 2.49. The molecule has 0 saturated heterocycles. The number of nitrogens with one attached hydrogen (secondary N) is 1. The summed E-state index contributed by atoms with van der Waals surface area (Å²) in [5.41, 5.74) is 1.47. The molecule has 1 aromatic rings.